The zero-order valence-electron chi connectivity index (χ0n) is 20.4. The number of esters is 2. The number of benzene rings is 2. The second-order valence-corrected chi connectivity index (χ2v) is 9.16. The molecule has 1 aliphatic carbocycles. The first-order valence-corrected chi connectivity index (χ1v) is 12.0. The highest BCUT2D eigenvalue weighted by molar-refractivity contribution is 6.22. The molecule has 5 rings (SSSR count). The monoisotopic (exact) mass is 513 g/mol. The van der Waals surface area contributed by atoms with E-state index in [0.29, 0.717) is 18.5 Å². The van der Waals surface area contributed by atoms with Gasteiger partial charge >= 0.3 is 11.9 Å². The predicted molar refractivity (Wildman–Crippen MR) is 134 cm³/mol. The molecule has 0 radical (unpaired) electrons. The van der Waals surface area contributed by atoms with Crippen molar-refractivity contribution < 1.29 is 37.9 Å². The second kappa shape index (κ2) is 10.3. The summed E-state index contributed by atoms with van der Waals surface area (Å²) in [5.74, 6) is -2.96. The molecule has 1 aliphatic heterocycles. The number of furan rings is 1. The van der Waals surface area contributed by atoms with Crippen molar-refractivity contribution >= 4 is 35.2 Å². The van der Waals surface area contributed by atoms with Gasteiger partial charge in [-0.05, 0) is 74.4 Å². The summed E-state index contributed by atoms with van der Waals surface area (Å²) in [5.41, 5.74) is 1.75. The molecule has 1 fully saturated rings. The molecule has 9 heteroatoms. The molecule has 3 aromatic rings. The fourth-order valence-electron chi connectivity index (χ4n) is 4.62. The topological polar surface area (TPSA) is 120 Å². The van der Waals surface area contributed by atoms with E-state index in [9.17, 15) is 24.0 Å². The summed E-state index contributed by atoms with van der Waals surface area (Å²) in [5, 5.41) is 0. The molecule has 9 nitrogen and oxygen atoms in total. The maximum absolute atomic E-state index is 13.0. The van der Waals surface area contributed by atoms with Crippen LogP contribution in [-0.4, -0.2) is 36.1 Å². The third kappa shape index (κ3) is 4.90. The SMILES string of the molecule is CC1=CCC2C(=O)N(c3cccc(C(=O)OCC(=O)c4ccc(OC(=O)c5ccco5)cc4)c3)C(=O)C2C1. The van der Waals surface area contributed by atoms with Crippen LogP contribution in [0.25, 0.3) is 0 Å². The van der Waals surface area contributed by atoms with Crippen molar-refractivity contribution in [3.05, 3.63) is 95.5 Å². The molecule has 38 heavy (non-hydrogen) atoms. The number of imide groups is 1. The van der Waals surface area contributed by atoms with Gasteiger partial charge in [0.1, 0.15) is 5.75 Å². The third-order valence-electron chi connectivity index (χ3n) is 6.61. The molecule has 0 saturated carbocycles. The highest BCUT2D eigenvalue weighted by atomic mass is 16.5. The van der Waals surface area contributed by atoms with Gasteiger partial charge in [0.05, 0.1) is 29.3 Å². The van der Waals surface area contributed by atoms with Crippen LogP contribution in [0.5, 0.6) is 5.75 Å². The lowest BCUT2D eigenvalue weighted by molar-refractivity contribution is -0.122. The van der Waals surface area contributed by atoms with Crippen LogP contribution in [0.1, 0.15) is 51.0 Å². The Bertz CT molecular complexity index is 1450. The molecule has 2 atom stereocenters. The smallest absolute Gasteiger partial charge is 0.379 e. The van der Waals surface area contributed by atoms with Crippen molar-refractivity contribution in [2.45, 2.75) is 19.8 Å². The maximum Gasteiger partial charge on any atom is 0.379 e. The Labute approximate surface area is 217 Å². The molecule has 1 aromatic heterocycles. The van der Waals surface area contributed by atoms with Gasteiger partial charge in [0.25, 0.3) is 0 Å². The summed E-state index contributed by atoms with van der Waals surface area (Å²) in [7, 11) is 0. The van der Waals surface area contributed by atoms with E-state index in [1.807, 2.05) is 13.0 Å². The zero-order valence-corrected chi connectivity index (χ0v) is 20.4. The molecule has 0 N–H and O–H groups in total. The number of ether oxygens (including phenoxy) is 2. The van der Waals surface area contributed by atoms with Crippen molar-refractivity contribution in [2.24, 2.45) is 11.8 Å². The lowest BCUT2D eigenvalue weighted by Crippen LogP contribution is -2.31. The van der Waals surface area contributed by atoms with E-state index in [1.165, 1.54) is 48.7 Å². The molecule has 2 amide bonds. The summed E-state index contributed by atoms with van der Waals surface area (Å²) < 4.78 is 15.3. The molecule has 2 aromatic carbocycles. The van der Waals surface area contributed by atoms with Crippen LogP contribution in [0, 0.1) is 11.8 Å². The fraction of sp³-hybridized carbons (Fsp3) is 0.207. The van der Waals surface area contributed by atoms with Gasteiger partial charge in [-0.25, -0.2) is 9.59 Å². The predicted octanol–water partition coefficient (Wildman–Crippen LogP) is 4.38. The standard InChI is InChI=1S/C29H23NO8/c1-17-7-12-22-23(14-17)27(33)30(26(22)32)20-5-2-4-19(15-20)28(34)37-16-24(31)18-8-10-21(11-9-18)38-29(35)25-6-3-13-36-25/h2-11,13,15,22-23H,12,14,16H2,1H3. The van der Waals surface area contributed by atoms with Gasteiger partial charge in [-0.15, -0.1) is 0 Å². The number of fused-ring (bicyclic) bond motifs is 1. The molecule has 0 spiro atoms. The number of hydrogen-bond acceptors (Lipinski definition) is 8. The van der Waals surface area contributed by atoms with Crippen LogP contribution in [-0.2, 0) is 14.3 Å². The quantitative estimate of drug-likeness (QED) is 0.150. The van der Waals surface area contributed by atoms with E-state index < -0.39 is 24.3 Å². The Balaban J connectivity index is 1.20. The first-order valence-electron chi connectivity index (χ1n) is 12.0. The van der Waals surface area contributed by atoms with Crippen molar-refractivity contribution in [2.75, 3.05) is 11.5 Å². The Hall–Kier alpha value is -4.79. The summed E-state index contributed by atoms with van der Waals surface area (Å²) >= 11 is 0. The van der Waals surface area contributed by atoms with Gasteiger partial charge in [-0.2, -0.15) is 0 Å². The molecular formula is C29H23NO8. The van der Waals surface area contributed by atoms with Crippen LogP contribution in [0.4, 0.5) is 5.69 Å². The van der Waals surface area contributed by atoms with Gasteiger partial charge in [-0.1, -0.05) is 17.7 Å². The van der Waals surface area contributed by atoms with E-state index in [1.54, 1.807) is 18.2 Å². The number of allylic oxidation sites excluding steroid dienone is 2. The minimum Gasteiger partial charge on any atom is -0.457 e. The Morgan fingerprint density at radius 1 is 0.921 bits per heavy atom. The van der Waals surface area contributed by atoms with Gasteiger partial charge < -0.3 is 13.9 Å². The molecule has 2 aliphatic rings. The van der Waals surface area contributed by atoms with Crippen molar-refractivity contribution in [3.8, 4) is 5.75 Å². The minimum atomic E-state index is -0.766. The number of hydrogen-bond donors (Lipinski definition) is 0. The largest absolute Gasteiger partial charge is 0.457 e. The van der Waals surface area contributed by atoms with Gasteiger partial charge in [-0.3, -0.25) is 19.3 Å². The van der Waals surface area contributed by atoms with E-state index in [-0.39, 0.29) is 46.3 Å². The molecule has 192 valence electrons. The number of anilines is 1. The Kier molecular flexibility index (Phi) is 6.74. The zero-order chi connectivity index (χ0) is 26.8. The highest BCUT2D eigenvalue weighted by Gasteiger charge is 2.48. The fourth-order valence-corrected chi connectivity index (χ4v) is 4.62. The number of carbonyl (C=O) groups is 5. The minimum absolute atomic E-state index is 0.0463. The van der Waals surface area contributed by atoms with Crippen LogP contribution in [0.2, 0.25) is 0 Å². The van der Waals surface area contributed by atoms with E-state index in [0.717, 1.165) is 10.5 Å². The number of carbonyl (C=O) groups excluding carboxylic acids is 5. The molecule has 2 unspecified atom stereocenters. The maximum atomic E-state index is 13.0. The first kappa shape index (κ1) is 24.9. The van der Waals surface area contributed by atoms with Crippen LogP contribution in [0.15, 0.2) is 83.0 Å². The average Bonchev–Trinajstić information content (AvgIpc) is 3.55. The van der Waals surface area contributed by atoms with Gasteiger partial charge in [0.15, 0.2) is 12.4 Å². The molecular weight excluding hydrogens is 490 g/mol. The Morgan fingerprint density at radius 3 is 2.42 bits per heavy atom. The first-order chi connectivity index (χ1) is 18.3. The number of rotatable bonds is 7. The normalized spacial score (nSPS) is 18.6. The summed E-state index contributed by atoms with van der Waals surface area (Å²) in [6, 6.07) is 14.9. The lowest BCUT2D eigenvalue weighted by Gasteiger charge is -2.18. The van der Waals surface area contributed by atoms with Crippen molar-refractivity contribution in [1.29, 1.82) is 0 Å². The van der Waals surface area contributed by atoms with E-state index in [2.05, 4.69) is 0 Å². The van der Waals surface area contributed by atoms with Crippen LogP contribution < -0.4 is 9.64 Å². The van der Waals surface area contributed by atoms with E-state index in [4.69, 9.17) is 13.9 Å². The highest BCUT2D eigenvalue weighted by Crippen LogP contribution is 2.39. The van der Waals surface area contributed by atoms with Crippen LogP contribution >= 0.6 is 0 Å². The third-order valence-corrected chi connectivity index (χ3v) is 6.61. The Morgan fingerprint density at radius 2 is 1.68 bits per heavy atom. The number of nitrogens with zero attached hydrogens (tertiary/aromatic N) is 1. The number of amides is 2. The molecule has 2 heterocycles. The number of Topliss-reactive ketones (excluding diaryl/α,β-unsaturated/α-hetero) is 1. The summed E-state index contributed by atoms with van der Waals surface area (Å²) in [6.07, 6.45) is 4.41. The summed E-state index contributed by atoms with van der Waals surface area (Å²) in [6.45, 7) is 1.42. The van der Waals surface area contributed by atoms with Crippen LogP contribution in [0.3, 0.4) is 0 Å². The molecule has 1 saturated heterocycles. The average molecular weight is 514 g/mol. The van der Waals surface area contributed by atoms with E-state index >= 15 is 0 Å². The molecule has 0 bridgehead atoms. The van der Waals surface area contributed by atoms with Crippen molar-refractivity contribution in [3.63, 3.8) is 0 Å². The lowest BCUT2D eigenvalue weighted by atomic mass is 9.82. The van der Waals surface area contributed by atoms with Crippen molar-refractivity contribution in [1.82, 2.24) is 0 Å². The second-order valence-electron chi connectivity index (χ2n) is 9.16. The van der Waals surface area contributed by atoms with Gasteiger partial charge in [0.2, 0.25) is 17.6 Å². The van der Waals surface area contributed by atoms with Gasteiger partial charge in [0, 0.05) is 5.56 Å². The summed E-state index contributed by atoms with van der Waals surface area (Å²) in [4.78, 5) is 64.2. The number of ketones is 1.